The van der Waals surface area contributed by atoms with E-state index in [1.54, 1.807) is 0 Å². The lowest BCUT2D eigenvalue weighted by atomic mass is 9.78. The number of amides is 3. The Morgan fingerprint density at radius 2 is 1.81 bits per heavy atom. The Bertz CT molecular complexity index is 270. The van der Waals surface area contributed by atoms with Crippen LogP contribution in [0.15, 0.2) is 0 Å². The molecule has 1 aliphatic rings. The van der Waals surface area contributed by atoms with E-state index in [0.717, 1.165) is 32.1 Å². The van der Waals surface area contributed by atoms with Gasteiger partial charge in [-0.2, -0.15) is 0 Å². The summed E-state index contributed by atoms with van der Waals surface area (Å²) in [5, 5.41) is 0. The van der Waals surface area contributed by atoms with Crippen molar-refractivity contribution in [2.45, 2.75) is 46.0 Å². The van der Waals surface area contributed by atoms with Gasteiger partial charge >= 0.3 is 6.03 Å². The average Bonchev–Trinajstić information content (AvgIpc) is 2.62. The SMILES string of the molecule is CC(C)CC1(C(=O)NNC(N)=O)CCCC1. The van der Waals surface area contributed by atoms with Gasteiger partial charge in [0.2, 0.25) is 5.91 Å². The molecule has 0 saturated heterocycles. The minimum absolute atomic E-state index is 0.0995. The van der Waals surface area contributed by atoms with Crippen molar-refractivity contribution in [2.75, 3.05) is 0 Å². The number of hydrogen-bond acceptors (Lipinski definition) is 2. The summed E-state index contributed by atoms with van der Waals surface area (Å²) in [5.41, 5.74) is 9.18. The van der Waals surface area contributed by atoms with Crippen molar-refractivity contribution in [3.05, 3.63) is 0 Å². The van der Waals surface area contributed by atoms with Gasteiger partial charge in [0.1, 0.15) is 0 Å². The van der Waals surface area contributed by atoms with Crippen LogP contribution in [0.1, 0.15) is 46.0 Å². The number of carbonyl (C=O) groups excluding carboxylic acids is 2. The fourth-order valence-electron chi connectivity index (χ4n) is 2.61. The summed E-state index contributed by atoms with van der Waals surface area (Å²) >= 11 is 0. The predicted molar refractivity (Wildman–Crippen MR) is 61.2 cm³/mol. The number of nitrogens with two attached hydrogens (primary N) is 1. The largest absolute Gasteiger partial charge is 0.350 e. The normalized spacial score (nSPS) is 18.4. The van der Waals surface area contributed by atoms with Gasteiger partial charge in [0.05, 0.1) is 5.41 Å². The van der Waals surface area contributed by atoms with Crippen LogP contribution in [0.4, 0.5) is 4.79 Å². The number of carbonyl (C=O) groups is 2. The summed E-state index contributed by atoms with van der Waals surface area (Å²) in [6.45, 7) is 4.21. The molecule has 16 heavy (non-hydrogen) atoms. The summed E-state index contributed by atoms with van der Waals surface area (Å²) in [5.74, 6) is 0.370. The molecule has 1 fully saturated rings. The quantitative estimate of drug-likeness (QED) is 0.635. The van der Waals surface area contributed by atoms with E-state index in [1.165, 1.54) is 0 Å². The van der Waals surface area contributed by atoms with E-state index in [2.05, 4.69) is 24.7 Å². The Morgan fingerprint density at radius 3 is 2.25 bits per heavy atom. The number of primary amides is 1. The molecule has 0 heterocycles. The van der Waals surface area contributed by atoms with Crippen molar-refractivity contribution in [3.63, 3.8) is 0 Å². The van der Waals surface area contributed by atoms with Crippen LogP contribution in [0.2, 0.25) is 0 Å². The highest BCUT2D eigenvalue weighted by Crippen LogP contribution is 2.43. The third kappa shape index (κ3) is 3.12. The molecular weight excluding hydrogens is 206 g/mol. The van der Waals surface area contributed by atoms with E-state index in [9.17, 15) is 9.59 Å². The molecule has 5 nitrogen and oxygen atoms in total. The molecule has 0 aliphatic heterocycles. The molecule has 3 amide bonds. The highest BCUT2D eigenvalue weighted by atomic mass is 16.2. The molecule has 0 radical (unpaired) electrons. The number of urea groups is 1. The first-order valence-corrected chi connectivity index (χ1v) is 5.82. The van der Waals surface area contributed by atoms with Crippen LogP contribution in [0.25, 0.3) is 0 Å². The van der Waals surface area contributed by atoms with Crippen LogP contribution < -0.4 is 16.6 Å². The number of rotatable bonds is 3. The van der Waals surface area contributed by atoms with Gasteiger partial charge in [0, 0.05) is 0 Å². The summed E-state index contributed by atoms with van der Waals surface area (Å²) in [4.78, 5) is 22.6. The molecule has 0 aromatic heterocycles. The molecular formula is C11H21N3O2. The Kier molecular flexibility index (Phi) is 4.15. The molecule has 0 spiro atoms. The van der Waals surface area contributed by atoms with Crippen molar-refractivity contribution < 1.29 is 9.59 Å². The fourth-order valence-corrected chi connectivity index (χ4v) is 2.61. The molecule has 1 rings (SSSR count). The highest BCUT2D eigenvalue weighted by molar-refractivity contribution is 5.85. The third-order valence-corrected chi connectivity index (χ3v) is 3.14. The Balaban J connectivity index is 2.61. The predicted octanol–water partition coefficient (Wildman–Crippen LogP) is 1.29. The van der Waals surface area contributed by atoms with Crippen LogP contribution in [0.5, 0.6) is 0 Å². The van der Waals surface area contributed by atoms with E-state index in [-0.39, 0.29) is 11.3 Å². The zero-order chi connectivity index (χ0) is 12.2. The molecule has 92 valence electrons. The van der Waals surface area contributed by atoms with Crippen molar-refractivity contribution in [3.8, 4) is 0 Å². The van der Waals surface area contributed by atoms with E-state index < -0.39 is 6.03 Å². The van der Waals surface area contributed by atoms with E-state index in [4.69, 9.17) is 5.73 Å². The number of nitrogens with one attached hydrogen (secondary N) is 2. The average molecular weight is 227 g/mol. The van der Waals surface area contributed by atoms with Crippen molar-refractivity contribution >= 4 is 11.9 Å². The monoisotopic (exact) mass is 227 g/mol. The Hall–Kier alpha value is -1.26. The van der Waals surface area contributed by atoms with Gasteiger partial charge in [-0.3, -0.25) is 10.2 Å². The molecule has 4 N–H and O–H groups in total. The summed E-state index contributed by atoms with van der Waals surface area (Å²) in [6, 6.07) is -0.731. The van der Waals surface area contributed by atoms with Gasteiger partial charge in [-0.05, 0) is 25.2 Å². The number of hydrazine groups is 1. The molecule has 0 bridgehead atoms. The zero-order valence-corrected chi connectivity index (χ0v) is 10.0. The van der Waals surface area contributed by atoms with Crippen molar-refractivity contribution in [1.29, 1.82) is 0 Å². The lowest BCUT2D eigenvalue weighted by Crippen LogP contribution is -2.50. The van der Waals surface area contributed by atoms with Gasteiger partial charge in [0.15, 0.2) is 0 Å². The van der Waals surface area contributed by atoms with E-state index in [1.807, 2.05) is 0 Å². The van der Waals surface area contributed by atoms with Gasteiger partial charge in [-0.1, -0.05) is 26.7 Å². The molecule has 1 aliphatic carbocycles. The molecule has 0 aromatic carbocycles. The summed E-state index contributed by atoms with van der Waals surface area (Å²) in [6.07, 6.45) is 4.82. The lowest BCUT2D eigenvalue weighted by Gasteiger charge is -2.29. The fraction of sp³-hybridized carbons (Fsp3) is 0.818. The number of hydrogen-bond donors (Lipinski definition) is 3. The molecule has 1 saturated carbocycles. The van der Waals surface area contributed by atoms with Crippen LogP contribution in [0, 0.1) is 11.3 Å². The second-order valence-electron chi connectivity index (χ2n) is 5.03. The first-order valence-electron chi connectivity index (χ1n) is 5.82. The zero-order valence-electron chi connectivity index (χ0n) is 10.0. The maximum absolute atomic E-state index is 12.0. The minimum Gasteiger partial charge on any atom is -0.350 e. The van der Waals surface area contributed by atoms with Gasteiger partial charge in [0.25, 0.3) is 0 Å². The minimum atomic E-state index is -0.731. The molecule has 0 unspecified atom stereocenters. The molecule has 5 heteroatoms. The van der Waals surface area contributed by atoms with Crippen molar-refractivity contribution in [1.82, 2.24) is 10.9 Å². The smallest absolute Gasteiger partial charge is 0.330 e. The third-order valence-electron chi connectivity index (χ3n) is 3.14. The lowest BCUT2D eigenvalue weighted by molar-refractivity contribution is -0.132. The first-order chi connectivity index (χ1) is 7.46. The van der Waals surface area contributed by atoms with Crippen LogP contribution in [0.3, 0.4) is 0 Å². The van der Waals surface area contributed by atoms with E-state index in [0.29, 0.717) is 5.92 Å². The summed E-state index contributed by atoms with van der Waals surface area (Å²) < 4.78 is 0. The molecule has 0 atom stereocenters. The van der Waals surface area contributed by atoms with Gasteiger partial charge < -0.3 is 5.73 Å². The Labute approximate surface area is 96.1 Å². The van der Waals surface area contributed by atoms with Crippen LogP contribution >= 0.6 is 0 Å². The standard InChI is InChI=1S/C11H21N3O2/c1-8(2)7-11(5-3-4-6-11)9(15)13-14-10(12)16/h8H,3-7H2,1-2H3,(H,13,15)(H3,12,14,16). The van der Waals surface area contributed by atoms with Crippen LogP contribution in [-0.2, 0) is 4.79 Å². The Morgan fingerprint density at radius 1 is 1.25 bits per heavy atom. The van der Waals surface area contributed by atoms with Gasteiger partial charge in [-0.25, -0.2) is 10.2 Å². The highest BCUT2D eigenvalue weighted by Gasteiger charge is 2.41. The van der Waals surface area contributed by atoms with Crippen LogP contribution in [-0.4, -0.2) is 11.9 Å². The van der Waals surface area contributed by atoms with Crippen molar-refractivity contribution in [2.24, 2.45) is 17.1 Å². The summed E-state index contributed by atoms with van der Waals surface area (Å²) in [7, 11) is 0. The second kappa shape index (κ2) is 5.18. The van der Waals surface area contributed by atoms with Gasteiger partial charge in [-0.15, -0.1) is 0 Å². The first kappa shape index (κ1) is 12.8. The maximum atomic E-state index is 12.0. The topological polar surface area (TPSA) is 84.2 Å². The molecule has 0 aromatic rings. The van der Waals surface area contributed by atoms with E-state index >= 15 is 0 Å². The second-order valence-corrected chi connectivity index (χ2v) is 5.03. The maximum Gasteiger partial charge on any atom is 0.330 e.